The van der Waals surface area contributed by atoms with Gasteiger partial charge in [-0.05, 0) is 18.2 Å². The number of hydrogen-bond acceptors (Lipinski definition) is 2. The molecule has 1 aromatic carbocycles. The van der Waals surface area contributed by atoms with E-state index in [9.17, 15) is 17.4 Å². The minimum absolute atomic E-state index is 0.384. The van der Waals surface area contributed by atoms with Gasteiger partial charge in [-0.1, -0.05) is 15.9 Å². The summed E-state index contributed by atoms with van der Waals surface area (Å²) in [5, 5.41) is 0. The summed E-state index contributed by atoms with van der Waals surface area (Å²) in [6.07, 6.45) is -4.89. The molecule has 0 heterocycles. The Hall–Kier alpha value is -0.600. The van der Waals surface area contributed by atoms with Crippen molar-refractivity contribution in [2.24, 2.45) is 0 Å². The lowest BCUT2D eigenvalue weighted by Gasteiger charge is -2.11. The second-order valence-corrected chi connectivity index (χ2v) is 4.24. The van der Waals surface area contributed by atoms with Gasteiger partial charge in [0.1, 0.15) is 10.6 Å². The highest BCUT2D eigenvalue weighted by Gasteiger charge is 2.32. The van der Waals surface area contributed by atoms with Gasteiger partial charge in [0.05, 0.1) is 0 Å². The fourth-order valence-electron chi connectivity index (χ4n) is 0.827. The van der Waals surface area contributed by atoms with Crippen LogP contribution in [0, 0.1) is 0 Å². The molecular weight excluding hydrogens is 301 g/mol. The van der Waals surface area contributed by atoms with Crippen LogP contribution in [0.15, 0.2) is 27.6 Å². The molecule has 0 aliphatic rings. The predicted octanol–water partition coefficient (Wildman–Crippen LogP) is 2.93. The number of halogens is 4. The van der Waals surface area contributed by atoms with Crippen molar-refractivity contribution in [2.75, 3.05) is 0 Å². The molecule has 84 valence electrons. The zero-order valence-electron chi connectivity index (χ0n) is 6.92. The zero-order valence-corrected chi connectivity index (χ0v) is 9.32. The van der Waals surface area contributed by atoms with Crippen molar-refractivity contribution in [3.05, 3.63) is 22.7 Å². The Morgan fingerprint density at radius 2 is 2.00 bits per heavy atom. The minimum Gasteiger partial charge on any atom is -0.404 e. The van der Waals surface area contributed by atoms with Gasteiger partial charge in [0.2, 0.25) is 0 Å². The van der Waals surface area contributed by atoms with Crippen LogP contribution in [-0.2, 0) is 11.1 Å². The van der Waals surface area contributed by atoms with Crippen molar-refractivity contribution in [3.8, 4) is 5.75 Å². The minimum atomic E-state index is -4.89. The zero-order chi connectivity index (χ0) is 11.6. The molecule has 1 atom stereocenters. The van der Waals surface area contributed by atoms with E-state index in [1.54, 1.807) is 0 Å². The maximum atomic E-state index is 11.9. The number of hydrogen-bond donors (Lipinski definition) is 1. The Labute approximate surface area is 93.7 Å². The molecule has 0 fully saturated rings. The Balaban J connectivity index is 3.12. The molecule has 0 amide bonds. The summed E-state index contributed by atoms with van der Waals surface area (Å²) in [7, 11) is 0. The van der Waals surface area contributed by atoms with Crippen molar-refractivity contribution in [1.29, 1.82) is 0 Å². The predicted molar refractivity (Wildman–Crippen MR) is 49.9 cm³/mol. The summed E-state index contributed by atoms with van der Waals surface area (Å²) in [6, 6.07) is 3.32. The van der Waals surface area contributed by atoms with Crippen LogP contribution in [-0.4, -0.2) is 15.1 Å². The molecule has 15 heavy (non-hydrogen) atoms. The van der Waals surface area contributed by atoms with Gasteiger partial charge >= 0.3 is 6.36 Å². The quantitative estimate of drug-likeness (QED) is 0.855. The van der Waals surface area contributed by atoms with E-state index in [1.807, 2.05) is 0 Å². The first-order valence-corrected chi connectivity index (χ1v) is 5.36. The van der Waals surface area contributed by atoms with E-state index in [-0.39, 0.29) is 0 Å². The van der Waals surface area contributed by atoms with Crippen molar-refractivity contribution in [1.82, 2.24) is 0 Å². The SMILES string of the molecule is O=S(O)c1cc(Br)ccc1OC(F)(F)F. The van der Waals surface area contributed by atoms with E-state index in [0.29, 0.717) is 4.47 Å². The lowest BCUT2D eigenvalue weighted by Crippen LogP contribution is -2.18. The molecule has 0 spiro atoms. The average Bonchev–Trinajstić information content (AvgIpc) is 2.05. The summed E-state index contributed by atoms with van der Waals surface area (Å²) in [6.45, 7) is 0. The summed E-state index contributed by atoms with van der Waals surface area (Å²) in [5.74, 6) is -0.688. The highest BCUT2D eigenvalue weighted by Crippen LogP contribution is 2.30. The maximum Gasteiger partial charge on any atom is 0.573 e. The molecular formula is C7H4BrF3O3S. The first-order chi connectivity index (χ1) is 6.79. The van der Waals surface area contributed by atoms with Gasteiger partial charge in [-0.2, -0.15) is 0 Å². The summed E-state index contributed by atoms with van der Waals surface area (Å²) in [5.41, 5.74) is 0. The first kappa shape index (κ1) is 12.5. The van der Waals surface area contributed by atoms with E-state index in [4.69, 9.17) is 4.55 Å². The molecule has 3 nitrogen and oxygen atoms in total. The van der Waals surface area contributed by atoms with Gasteiger partial charge in [0.15, 0.2) is 11.1 Å². The third-order valence-corrected chi connectivity index (χ3v) is 2.51. The molecule has 0 radical (unpaired) electrons. The maximum absolute atomic E-state index is 11.9. The van der Waals surface area contributed by atoms with Crippen LogP contribution in [0.4, 0.5) is 13.2 Å². The third kappa shape index (κ3) is 3.80. The largest absolute Gasteiger partial charge is 0.573 e. The number of alkyl halides is 3. The second-order valence-electron chi connectivity index (χ2n) is 2.39. The Morgan fingerprint density at radius 3 is 2.47 bits per heavy atom. The lowest BCUT2D eigenvalue weighted by atomic mass is 10.3. The van der Waals surface area contributed by atoms with Crippen LogP contribution in [0.25, 0.3) is 0 Å². The van der Waals surface area contributed by atoms with Gasteiger partial charge in [0, 0.05) is 4.47 Å². The van der Waals surface area contributed by atoms with Crippen LogP contribution >= 0.6 is 15.9 Å². The third-order valence-electron chi connectivity index (χ3n) is 1.32. The second kappa shape index (κ2) is 4.50. The molecule has 0 saturated carbocycles. The van der Waals surface area contributed by atoms with Crippen LogP contribution in [0.2, 0.25) is 0 Å². The van der Waals surface area contributed by atoms with Crippen molar-refractivity contribution < 1.29 is 26.7 Å². The summed E-state index contributed by atoms with van der Waals surface area (Å²) < 4.78 is 59.0. The number of benzene rings is 1. The average molecular weight is 305 g/mol. The van der Waals surface area contributed by atoms with E-state index in [1.165, 1.54) is 6.07 Å². The molecule has 8 heteroatoms. The molecule has 0 aromatic heterocycles. The normalized spacial score (nSPS) is 13.7. The standard InChI is InChI=1S/C7H4BrF3O3S/c8-4-1-2-5(14-7(9,10)11)6(3-4)15(12)13/h1-3H,(H,12,13). The van der Waals surface area contributed by atoms with Gasteiger partial charge in [-0.25, -0.2) is 4.21 Å². The van der Waals surface area contributed by atoms with E-state index in [2.05, 4.69) is 20.7 Å². The molecule has 1 aromatic rings. The first-order valence-electron chi connectivity index (χ1n) is 3.46. The van der Waals surface area contributed by atoms with Crippen LogP contribution in [0.5, 0.6) is 5.75 Å². The summed E-state index contributed by atoms with van der Waals surface area (Å²) >= 11 is 0.421. The van der Waals surface area contributed by atoms with Crippen molar-refractivity contribution in [2.45, 2.75) is 11.3 Å². The monoisotopic (exact) mass is 304 g/mol. The topological polar surface area (TPSA) is 46.5 Å². The molecule has 0 aliphatic heterocycles. The van der Waals surface area contributed by atoms with E-state index < -0.39 is 28.1 Å². The Morgan fingerprint density at radius 1 is 1.40 bits per heavy atom. The lowest BCUT2D eigenvalue weighted by molar-refractivity contribution is -0.275. The molecule has 0 saturated heterocycles. The van der Waals surface area contributed by atoms with E-state index >= 15 is 0 Å². The smallest absolute Gasteiger partial charge is 0.404 e. The summed E-state index contributed by atoms with van der Waals surface area (Å²) in [4.78, 5) is -0.443. The fraction of sp³-hybridized carbons (Fsp3) is 0.143. The molecule has 0 bridgehead atoms. The molecule has 1 N–H and O–H groups in total. The van der Waals surface area contributed by atoms with E-state index in [0.717, 1.165) is 12.1 Å². The number of rotatable bonds is 2. The molecule has 0 aliphatic carbocycles. The van der Waals surface area contributed by atoms with Crippen molar-refractivity contribution in [3.63, 3.8) is 0 Å². The van der Waals surface area contributed by atoms with Crippen LogP contribution in [0.1, 0.15) is 0 Å². The Bertz CT molecular complexity index is 394. The molecule has 1 rings (SSSR count). The Kier molecular flexibility index (Phi) is 3.74. The van der Waals surface area contributed by atoms with Gasteiger partial charge in [-0.15, -0.1) is 13.2 Å². The van der Waals surface area contributed by atoms with Gasteiger partial charge in [0.25, 0.3) is 0 Å². The fourth-order valence-corrected chi connectivity index (χ4v) is 1.85. The highest BCUT2D eigenvalue weighted by molar-refractivity contribution is 9.10. The highest BCUT2D eigenvalue weighted by atomic mass is 79.9. The van der Waals surface area contributed by atoms with Crippen molar-refractivity contribution >= 4 is 27.0 Å². The molecule has 1 unspecified atom stereocenters. The van der Waals surface area contributed by atoms with Gasteiger partial charge in [-0.3, -0.25) is 0 Å². The van der Waals surface area contributed by atoms with Crippen LogP contribution in [0.3, 0.4) is 0 Å². The number of ether oxygens (including phenoxy) is 1. The van der Waals surface area contributed by atoms with Gasteiger partial charge < -0.3 is 9.29 Å². The van der Waals surface area contributed by atoms with Crippen LogP contribution < -0.4 is 4.74 Å².